The predicted molar refractivity (Wildman–Crippen MR) is 52.8 cm³/mol. The zero-order chi connectivity index (χ0) is 10.6. The van der Waals surface area contributed by atoms with E-state index in [9.17, 15) is 9.90 Å². The second-order valence-corrected chi connectivity index (χ2v) is 4.12. The topological polar surface area (TPSA) is 58.6 Å². The first-order valence-electron chi connectivity index (χ1n) is 5.14. The zero-order valence-electron chi connectivity index (χ0n) is 8.82. The van der Waals surface area contributed by atoms with E-state index in [2.05, 4.69) is 5.32 Å². The molecular formula is C10H19NO3. The van der Waals surface area contributed by atoms with Gasteiger partial charge >= 0.3 is 0 Å². The molecule has 2 unspecified atom stereocenters. The van der Waals surface area contributed by atoms with Gasteiger partial charge in [0.05, 0.1) is 18.6 Å². The van der Waals surface area contributed by atoms with Crippen LogP contribution in [0, 0.1) is 11.8 Å². The molecule has 1 amide bonds. The van der Waals surface area contributed by atoms with Crippen LogP contribution in [0.15, 0.2) is 0 Å². The summed E-state index contributed by atoms with van der Waals surface area (Å²) in [6, 6.07) is 0. The summed E-state index contributed by atoms with van der Waals surface area (Å²) in [6.45, 7) is 5.38. The van der Waals surface area contributed by atoms with Crippen molar-refractivity contribution in [3.63, 3.8) is 0 Å². The van der Waals surface area contributed by atoms with Gasteiger partial charge < -0.3 is 15.2 Å². The highest BCUT2D eigenvalue weighted by Gasteiger charge is 2.23. The lowest BCUT2D eigenvalue weighted by molar-refractivity contribution is -0.125. The van der Waals surface area contributed by atoms with E-state index in [1.165, 1.54) is 0 Å². The van der Waals surface area contributed by atoms with Gasteiger partial charge in [-0.1, -0.05) is 13.8 Å². The first kappa shape index (κ1) is 11.5. The smallest absolute Gasteiger partial charge is 0.225 e. The van der Waals surface area contributed by atoms with Gasteiger partial charge in [-0.25, -0.2) is 0 Å². The van der Waals surface area contributed by atoms with Crippen molar-refractivity contribution in [2.75, 3.05) is 19.8 Å². The minimum atomic E-state index is -0.457. The molecule has 0 spiro atoms. The van der Waals surface area contributed by atoms with Crippen LogP contribution in [0.3, 0.4) is 0 Å². The van der Waals surface area contributed by atoms with Gasteiger partial charge in [-0.2, -0.15) is 0 Å². The predicted octanol–water partition coefficient (Wildman–Crippen LogP) is 0.156. The van der Waals surface area contributed by atoms with E-state index in [1.807, 2.05) is 13.8 Å². The lowest BCUT2D eigenvalue weighted by Gasteiger charge is -2.16. The van der Waals surface area contributed by atoms with Crippen molar-refractivity contribution in [2.45, 2.75) is 26.4 Å². The average Bonchev–Trinajstić information content (AvgIpc) is 2.66. The SMILES string of the molecule is CC(C)C(O)CNC(=O)C1CCOC1. The fraction of sp³-hybridized carbons (Fsp3) is 0.900. The fourth-order valence-corrected chi connectivity index (χ4v) is 1.33. The number of carbonyl (C=O) groups excluding carboxylic acids is 1. The fourth-order valence-electron chi connectivity index (χ4n) is 1.33. The molecule has 0 saturated carbocycles. The largest absolute Gasteiger partial charge is 0.391 e. The Morgan fingerprint density at radius 3 is 2.86 bits per heavy atom. The molecule has 0 aromatic heterocycles. The third-order valence-electron chi connectivity index (χ3n) is 2.56. The van der Waals surface area contributed by atoms with Crippen molar-refractivity contribution in [3.8, 4) is 0 Å². The lowest BCUT2D eigenvalue weighted by Crippen LogP contribution is -2.38. The standard InChI is InChI=1S/C10H19NO3/c1-7(2)9(12)5-11-10(13)8-3-4-14-6-8/h7-9,12H,3-6H2,1-2H3,(H,11,13). The minimum Gasteiger partial charge on any atom is -0.391 e. The van der Waals surface area contributed by atoms with Crippen molar-refractivity contribution in [3.05, 3.63) is 0 Å². The Morgan fingerprint density at radius 1 is 1.64 bits per heavy atom. The first-order chi connectivity index (χ1) is 6.61. The second-order valence-electron chi connectivity index (χ2n) is 4.12. The maximum absolute atomic E-state index is 11.5. The molecule has 1 saturated heterocycles. The van der Waals surface area contributed by atoms with E-state index in [-0.39, 0.29) is 17.7 Å². The minimum absolute atomic E-state index is 0.00204. The Kier molecular flexibility index (Phi) is 4.35. The van der Waals surface area contributed by atoms with Crippen LogP contribution >= 0.6 is 0 Å². The maximum Gasteiger partial charge on any atom is 0.225 e. The highest BCUT2D eigenvalue weighted by atomic mass is 16.5. The molecule has 1 heterocycles. The number of amides is 1. The molecule has 4 heteroatoms. The molecule has 82 valence electrons. The molecule has 1 aliphatic rings. The number of ether oxygens (including phenoxy) is 1. The molecule has 2 atom stereocenters. The van der Waals surface area contributed by atoms with E-state index in [1.54, 1.807) is 0 Å². The van der Waals surface area contributed by atoms with Gasteiger partial charge in [-0.05, 0) is 12.3 Å². The van der Waals surface area contributed by atoms with Crippen molar-refractivity contribution >= 4 is 5.91 Å². The molecule has 2 N–H and O–H groups in total. The van der Waals surface area contributed by atoms with Crippen LogP contribution in [0.2, 0.25) is 0 Å². The number of hydrogen-bond donors (Lipinski definition) is 2. The van der Waals surface area contributed by atoms with E-state index < -0.39 is 6.10 Å². The Morgan fingerprint density at radius 2 is 2.36 bits per heavy atom. The molecule has 1 aliphatic heterocycles. The number of aliphatic hydroxyl groups is 1. The van der Waals surface area contributed by atoms with Crippen LogP contribution in [-0.4, -0.2) is 36.9 Å². The van der Waals surface area contributed by atoms with Crippen LogP contribution in [-0.2, 0) is 9.53 Å². The lowest BCUT2D eigenvalue weighted by atomic mass is 10.1. The Labute approximate surface area is 84.6 Å². The van der Waals surface area contributed by atoms with E-state index in [4.69, 9.17) is 4.74 Å². The number of aliphatic hydroxyl groups excluding tert-OH is 1. The van der Waals surface area contributed by atoms with E-state index >= 15 is 0 Å². The van der Waals surface area contributed by atoms with Gasteiger partial charge in [0.25, 0.3) is 0 Å². The molecular weight excluding hydrogens is 182 g/mol. The first-order valence-corrected chi connectivity index (χ1v) is 5.14. The van der Waals surface area contributed by atoms with Crippen molar-refractivity contribution in [2.24, 2.45) is 11.8 Å². The number of rotatable bonds is 4. The van der Waals surface area contributed by atoms with Crippen molar-refractivity contribution < 1.29 is 14.6 Å². The van der Waals surface area contributed by atoms with Crippen LogP contribution in [0.4, 0.5) is 0 Å². The van der Waals surface area contributed by atoms with Gasteiger partial charge in [-0.3, -0.25) is 4.79 Å². The third kappa shape index (κ3) is 3.27. The molecule has 0 aromatic carbocycles. The van der Waals surface area contributed by atoms with E-state index in [0.717, 1.165) is 6.42 Å². The molecule has 0 aliphatic carbocycles. The van der Waals surface area contributed by atoms with Crippen molar-refractivity contribution in [1.82, 2.24) is 5.32 Å². The van der Waals surface area contributed by atoms with Gasteiger partial charge in [0.1, 0.15) is 0 Å². The van der Waals surface area contributed by atoms with Gasteiger partial charge in [0.15, 0.2) is 0 Å². The third-order valence-corrected chi connectivity index (χ3v) is 2.56. The number of nitrogens with one attached hydrogen (secondary N) is 1. The van der Waals surface area contributed by atoms with Crippen LogP contribution in [0.25, 0.3) is 0 Å². The molecule has 0 bridgehead atoms. The molecule has 0 radical (unpaired) electrons. The van der Waals surface area contributed by atoms with Gasteiger partial charge in [0, 0.05) is 13.2 Å². The van der Waals surface area contributed by atoms with Crippen LogP contribution < -0.4 is 5.32 Å². The summed E-state index contributed by atoms with van der Waals surface area (Å²) in [7, 11) is 0. The normalized spacial score (nSPS) is 23.9. The molecule has 1 rings (SSSR count). The molecule has 1 fully saturated rings. The maximum atomic E-state index is 11.5. The van der Waals surface area contributed by atoms with Gasteiger partial charge in [-0.15, -0.1) is 0 Å². The Balaban J connectivity index is 2.20. The van der Waals surface area contributed by atoms with Gasteiger partial charge in [0.2, 0.25) is 5.91 Å². The van der Waals surface area contributed by atoms with Crippen LogP contribution in [0.1, 0.15) is 20.3 Å². The molecule has 14 heavy (non-hydrogen) atoms. The molecule has 4 nitrogen and oxygen atoms in total. The summed E-state index contributed by atoms with van der Waals surface area (Å²) >= 11 is 0. The highest BCUT2D eigenvalue weighted by Crippen LogP contribution is 2.12. The second kappa shape index (κ2) is 5.32. The molecule has 0 aromatic rings. The number of carbonyl (C=O) groups is 1. The zero-order valence-corrected chi connectivity index (χ0v) is 8.82. The quantitative estimate of drug-likeness (QED) is 0.681. The summed E-state index contributed by atoms with van der Waals surface area (Å²) in [5.74, 6) is 0.159. The summed E-state index contributed by atoms with van der Waals surface area (Å²) in [6.07, 6.45) is 0.338. The summed E-state index contributed by atoms with van der Waals surface area (Å²) in [5, 5.41) is 12.2. The number of hydrogen-bond acceptors (Lipinski definition) is 3. The summed E-state index contributed by atoms with van der Waals surface area (Å²) in [4.78, 5) is 11.5. The summed E-state index contributed by atoms with van der Waals surface area (Å²) < 4.78 is 5.11. The Hall–Kier alpha value is -0.610. The highest BCUT2D eigenvalue weighted by molar-refractivity contribution is 5.78. The van der Waals surface area contributed by atoms with Crippen molar-refractivity contribution in [1.29, 1.82) is 0 Å². The van der Waals surface area contributed by atoms with E-state index in [0.29, 0.717) is 19.8 Å². The monoisotopic (exact) mass is 201 g/mol. The Bertz CT molecular complexity index is 188. The van der Waals surface area contributed by atoms with Crippen LogP contribution in [0.5, 0.6) is 0 Å². The average molecular weight is 201 g/mol. The summed E-state index contributed by atoms with van der Waals surface area (Å²) in [5.41, 5.74) is 0.